The fourth-order valence-corrected chi connectivity index (χ4v) is 4.35. The van der Waals surface area contributed by atoms with Gasteiger partial charge in [-0.1, -0.05) is 18.5 Å². The molecule has 2 aromatic rings. The number of likely N-dealkylation sites (tertiary alicyclic amines) is 1. The zero-order valence-electron chi connectivity index (χ0n) is 22.1. The SMILES string of the molecule is CCCCON=C(N)c1ccc(OCCCC2CCN(CCCOc3ccc(C(N)=O)cc3)CC2)cc1. The minimum absolute atomic E-state index is 0.387. The third kappa shape index (κ3) is 10.3. The van der Waals surface area contributed by atoms with Crippen molar-refractivity contribution in [1.29, 1.82) is 0 Å². The van der Waals surface area contributed by atoms with Crippen LogP contribution in [0.25, 0.3) is 0 Å². The van der Waals surface area contributed by atoms with Gasteiger partial charge in [-0.3, -0.25) is 4.79 Å². The monoisotopic (exact) mass is 510 g/mol. The van der Waals surface area contributed by atoms with Crippen molar-refractivity contribution in [3.05, 3.63) is 59.7 Å². The predicted molar refractivity (Wildman–Crippen MR) is 147 cm³/mol. The maximum atomic E-state index is 11.1. The normalized spacial score (nSPS) is 14.9. The van der Waals surface area contributed by atoms with Crippen molar-refractivity contribution < 1.29 is 19.1 Å². The molecule has 0 bridgehead atoms. The molecule has 1 aliphatic rings. The summed E-state index contributed by atoms with van der Waals surface area (Å²) in [6.45, 7) is 7.42. The minimum Gasteiger partial charge on any atom is -0.494 e. The second-order valence-corrected chi connectivity index (χ2v) is 9.55. The highest BCUT2D eigenvalue weighted by Crippen LogP contribution is 2.22. The number of carbonyl (C=O) groups is 1. The molecule has 1 heterocycles. The molecule has 0 spiro atoms. The predicted octanol–water partition coefficient (Wildman–Crippen LogP) is 4.56. The highest BCUT2D eigenvalue weighted by Gasteiger charge is 2.18. The molecule has 2 aromatic carbocycles. The van der Waals surface area contributed by atoms with Crippen LogP contribution in [-0.2, 0) is 4.84 Å². The average Bonchev–Trinajstić information content (AvgIpc) is 2.93. The number of carbonyl (C=O) groups excluding carboxylic acids is 1. The number of benzene rings is 2. The van der Waals surface area contributed by atoms with Crippen LogP contribution in [0.2, 0.25) is 0 Å². The zero-order chi connectivity index (χ0) is 26.3. The Morgan fingerprint density at radius 1 is 0.865 bits per heavy atom. The lowest BCUT2D eigenvalue weighted by atomic mass is 9.92. The van der Waals surface area contributed by atoms with E-state index in [0.29, 0.717) is 24.6 Å². The van der Waals surface area contributed by atoms with Gasteiger partial charge in [-0.25, -0.2) is 0 Å². The van der Waals surface area contributed by atoms with Crippen LogP contribution in [0.4, 0.5) is 0 Å². The minimum atomic E-state index is -0.422. The summed E-state index contributed by atoms with van der Waals surface area (Å²) in [5.74, 6) is 2.36. The summed E-state index contributed by atoms with van der Waals surface area (Å²) >= 11 is 0. The fraction of sp³-hybridized carbons (Fsp3) is 0.517. The number of hydrogen-bond donors (Lipinski definition) is 2. The molecule has 0 aromatic heterocycles. The Kier molecular flexibility index (Phi) is 12.1. The molecule has 1 saturated heterocycles. The fourth-order valence-electron chi connectivity index (χ4n) is 4.35. The molecule has 0 aliphatic carbocycles. The lowest BCUT2D eigenvalue weighted by Gasteiger charge is -2.32. The molecule has 1 aliphatic heterocycles. The number of hydrogen-bond acceptors (Lipinski definition) is 6. The first kappa shape index (κ1) is 28.3. The maximum absolute atomic E-state index is 11.1. The molecule has 0 atom stereocenters. The van der Waals surface area contributed by atoms with Crippen LogP contribution < -0.4 is 20.9 Å². The summed E-state index contributed by atoms with van der Waals surface area (Å²) in [7, 11) is 0. The third-order valence-corrected chi connectivity index (χ3v) is 6.66. The van der Waals surface area contributed by atoms with Crippen molar-refractivity contribution in [1.82, 2.24) is 4.90 Å². The van der Waals surface area contributed by atoms with E-state index in [4.69, 9.17) is 25.8 Å². The molecule has 4 N–H and O–H groups in total. The van der Waals surface area contributed by atoms with Crippen LogP contribution >= 0.6 is 0 Å². The van der Waals surface area contributed by atoms with Gasteiger partial charge in [0.05, 0.1) is 13.2 Å². The van der Waals surface area contributed by atoms with Crippen LogP contribution in [-0.4, -0.2) is 56.1 Å². The topological polar surface area (TPSA) is 112 Å². The van der Waals surface area contributed by atoms with Crippen LogP contribution in [0, 0.1) is 5.92 Å². The molecule has 37 heavy (non-hydrogen) atoms. The lowest BCUT2D eigenvalue weighted by molar-refractivity contribution is 0.1000. The Labute approximate surface area is 220 Å². The Bertz CT molecular complexity index is 955. The summed E-state index contributed by atoms with van der Waals surface area (Å²) in [5, 5.41) is 3.97. The number of primary amides is 1. The number of amidine groups is 1. The van der Waals surface area contributed by atoms with Crippen LogP contribution in [0.5, 0.6) is 11.5 Å². The Hall–Kier alpha value is -3.26. The Balaban J connectivity index is 1.23. The molecule has 8 nitrogen and oxygen atoms in total. The van der Waals surface area contributed by atoms with Gasteiger partial charge in [0.1, 0.15) is 18.1 Å². The van der Waals surface area contributed by atoms with E-state index in [9.17, 15) is 4.79 Å². The maximum Gasteiger partial charge on any atom is 0.248 e. The Morgan fingerprint density at radius 2 is 1.46 bits per heavy atom. The largest absolute Gasteiger partial charge is 0.494 e. The second kappa shape index (κ2) is 15.8. The van der Waals surface area contributed by atoms with Crippen LogP contribution in [0.3, 0.4) is 0 Å². The molecule has 0 saturated carbocycles. The van der Waals surface area contributed by atoms with Crippen molar-refractivity contribution in [3.8, 4) is 11.5 Å². The lowest BCUT2D eigenvalue weighted by Crippen LogP contribution is -2.35. The van der Waals surface area contributed by atoms with Crippen molar-refractivity contribution in [3.63, 3.8) is 0 Å². The molecule has 1 fully saturated rings. The van der Waals surface area contributed by atoms with E-state index in [1.165, 1.54) is 19.3 Å². The van der Waals surface area contributed by atoms with E-state index in [1.54, 1.807) is 24.3 Å². The number of nitrogens with two attached hydrogens (primary N) is 2. The van der Waals surface area contributed by atoms with Gasteiger partial charge in [-0.15, -0.1) is 0 Å². The van der Waals surface area contributed by atoms with Crippen LogP contribution in [0.15, 0.2) is 53.7 Å². The van der Waals surface area contributed by atoms with Gasteiger partial charge in [-0.05, 0) is 106 Å². The van der Waals surface area contributed by atoms with Crippen molar-refractivity contribution in [2.75, 3.05) is 39.5 Å². The number of unbranched alkanes of at least 4 members (excludes halogenated alkanes) is 1. The van der Waals surface area contributed by atoms with Gasteiger partial charge in [0, 0.05) is 17.7 Å². The van der Waals surface area contributed by atoms with Gasteiger partial charge in [0.2, 0.25) is 5.91 Å². The highest BCUT2D eigenvalue weighted by molar-refractivity contribution is 5.97. The number of nitrogens with zero attached hydrogens (tertiary/aromatic N) is 2. The van der Waals surface area contributed by atoms with E-state index in [2.05, 4.69) is 17.0 Å². The van der Waals surface area contributed by atoms with Gasteiger partial charge >= 0.3 is 0 Å². The standard InChI is InChI=1S/C29H42N4O4/c1-2-3-22-37-32-28(30)24-7-11-26(12-8-24)35-20-4-6-23-15-18-33(19-16-23)17-5-21-36-27-13-9-25(10-14-27)29(31)34/h7-14,23H,2-6,15-22H2,1H3,(H2,30,32)(H2,31,34). The van der Waals surface area contributed by atoms with Crippen LogP contribution in [0.1, 0.15) is 67.8 Å². The van der Waals surface area contributed by atoms with Crippen molar-refractivity contribution in [2.24, 2.45) is 22.5 Å². The third-order valence-electron chi connectivity index (χ3n) is 6.66. The van der Waals surface area contributed by atoms with Crippen molar-refractivity contribution in [2.45, 2.75) is 51.9 Å². The molecule has 3 rings (SSSR count). The number of ether oxygens (including phenoxy) is 2. The quantitative estimate of drug-likeness (QED) is 0.148. The molecular weight excluding hydrogens is 468 g/mol. The molecule has 202 valence electrons. The molecule has 1 amide bonds. The number of oxime groups is 1. The number of rotatable bonds is 16. The Morgan fingerprint density at radius 3 is 2.05 bits per heavy atom. The first-order valence-electron chi connectivity index (χ1n) is 13.5. The molecule has 0 radical (unpaired) electrons. The summed E-state index contributed by atoms with van der Waals surface area (Å²) in [6.07, 6.45) is 7.76. The first-order valence-corrected chi connectivity index (χ1v) is 13.5. The molecular formula is C29H42N4O4. The van der Waals surface area contributed by atoms with Gasteiger partial charge in [0.25, 0.3) is 0 Å². The second-order valence-electron chi connectivity index (χ2n) is 9.55. The first-order chi connectivity index (χ1) is 18.0. The van der Waals surface area contributed by atoms with Crippen molar-refractivity contribution >= 4 is 11.7 Å². The summed E-state index contributed by atoms with van der Waals surface area (Å²) in [5.41, 5.74) is 12.6. The van der Waals surface area contributed by atoms with Gasteiger partial charge < -0.3 is 30.7 Å². The zero-order valence-corrected chi connectivity index (χ0v) is 22.1. The van der Waals surface area contributed by atoms with E-state index in [0.717, 1.165) is 74.9 Å². The summed E-state index contributed by atoms with van der Waals surface area (Å²) in [6, 6.07) is 14.7. The smallest absolute Gasteiger partial charge is 0.248 e. The van der Waals surface area contributed by atoms with Gasteiger partial charge in [0.15, 0.2) is 5.84 Å². The molecule has 8 heteroatoms. The van der Waals surface area contributed by atoms with E-state index < -0.39 is 5.91 Å². The summed E-state index contributed by atoms with van der Waals surface area (Å²) < 4.78 is 11.7. The van der Waals surface area contributed by atoms with E-state index >= 15 is 0 Å². The van der Waals surface area contributed by atoms with E-state index in [1.807, 2.05) is 24.3 Å². The number of amides is 1. The van der Waals surface area contributed by atoms with Gasteiger partial charge in [-0.2, -0.15) is 0 Å². The molecule has 0 unspecified atom stereocenters. The number of piperidine rings is 1. The van der Waals surface area contributed by atoms with E-state index in [-0.39, 0.29) is 0 Å². The average molecular weight is 511 g/mol. The highest BCUT2D eigenvalue weighted by atomic mass is 16.6. The summed E-state index contributed by atoms with van der Waals surface area (Å²) in [4.78, 5) is 18.9.